The number of aliphatic carboxylic acids is 1. The molecule has 0 aromatic heterocycles. The van der Waals surface area contributed by atoms with E-state index in [2.05, 4.69) is 0 Å². The first-order valence-electron chi connectivity index (χ1n) is 6.20. The largest absolute Gasteiger partial charge is 0.481 e. The fourth-order valence-electron chi connectivity index (χ4n) is 2.19. The molecule has 0 aliphatic heterocycles. The minimum absolute atomic E-state index is 0.386. The Bertz CT molecular complexity index is 638. The lowest BCUT2D eigenvalue weighted by atomic mass is 9.91. The molecule has 0 heterocycles. The molecule has 1 unspecified atom stereocenters. The molecule has 0 aliphatic rings. The maximum Gasteiger partial charge on any atom is 0.311 e. The van der Waals surface area contributed by atoms with E-state index in [-0.39, 0.29) is 0 Å². The molecule has 0 aliphatic carbocycles. The fraction of sp³-hybridized carbons (Fsp3) is 0.188. The molecule has 1 N–H and O–H groups in total. The molecular formula is C16H14Cl2O2. The third-order valence-corrected chi connectivity index (χ3v) is 3.73. The number of rotatable bonds is 4. The van der Waals surface area contributed by atoms with Gasteiger partial charge in [0, 0.05) is 10.0 Å². The van der Waals surface area contributed by atoms with E-state index >= 15 is 0 Å². The molecule has 0 radical (unpaired) electrons. The molecule has 1 atom stereocenters. The Hall–Kier alpha value is -1.51. The molecule has 0 saturated carbocycles. The van der Waals surface area contributed by atoms with Gasteiger partial charge < -0.3 is 5.11 Å². The average molecular weight is 309 g/mol. The van der Waals surface area contributed by atoms with Crippen molar-refractivity contribution >= 4 is 29.2 Å². The van der Waals surface area contributed by atoms with Crippen LogP contribution in [-0.4, -0.2) is 11.1 Å². The summed E-state index contributed by atoms with van der Waals surface area (Å²) in [6.45, 7) is 1.98. The molecule has 0 amide bonds. The summed E-state index contributed by atoms with van der Waals surface area (Å²) in [7, 11) is 0. The highest BCUT2D eigenvalue weighted by Crippen LogP contribution is 2.30. The predicted octanol–water partition coefficient (Wildman–Crippen LogP) is 4.71. The first-order valence-corrected chi connectivity index (χ1v) is 6.96. The Balaban J connectivity index is 2.37. The number of carboxylic acid groups (broad SMARTS) is 1. The zero-order valence-corrected chi connectivity index (χ0v) is 12.4. The zero-order chi connectivity index (χ0) is 14.7. The summed E-state index contributed by atoms with van der Waals surface area (Å²) >= 11 is 12.1. The van der Waals surface area contributed by atoms with E-state index < -0.39 is 11.9 Å². The summed E-state index contributed by atoms with van der Waals surface area (Å²) in [5.41, 5.74) is 2.62. The van der Waals surface area contributed by atoms with Gasteiger partial charge in [-0.3, -0.25) is 4.79 Å². The second-order valence-corrected chi connectivity index (χ2v) is 5.59. The van der Waals surface area contributed by atoms with Crippen LogP contribution in [0.15, 0.2) is 42.5 Å². The number of hydrogen-bond acceptors (Lipinski definition) is 1. The average Bonchev–Trinajstić information content (AvgIpc) is 2.39. The molecule has 2 aromatic rings. The van der Waals surface area contributed by atoms with Crippen LogP contribution in [0, 0.1) is 6.92 Å². The number of hydrogen-bond donors (Lipinski definition) is 1. The highest BCUT2D eigenvalue weighted by molar-refractivity contribution is 6.33. The first-order chi connectivity index (χ1) is 9.47. The second kappa shape index (κ2) is 6.29. The Labute approximate surface area is 128 Å². The van der Waals surface area contributed by atoms with Crippen LogP contribution in [-0.2, 0) is 11.2 Å². The quantitative estimate of drug-likeness (QED) is 0.888. The van der Waals surface area contributed by atoms with Crippen molar-refractivity contribution < 1.29 is 9.90 Å². The van der Waals surface area contributed by atoms with E-state index in [0.717, 1.165) is 11.1 Å². The van der Waals surface area contributed by atoms with Crippen molar-refractivity contribution in [2.45, 2.75) is 19.3 Å². The van der Waals surface area contributed by atoms with E-state index in [1.165, 1.54) is 0 Å². The van der Waals surface area contributed by atoms with Crippen LogP contribution >= 0.6 is 23.2 Å². The van der Waals surface area contributed by atoms with Gasteiger partial charge in [-0.1, -0.05) is 53.0 Å². The molecule has 0 spiro atoms. The fourth-order valence-corrected chi connectivity index (χ4v) is 2.62. The number of carbonyl (C=O) groups is 1. The Morgan fingerprint density at radius 1 is 1.20 bits per heavy atom. The third kappa shape index (κ3) is 3.53. The number of aryl methyl sites for hydroxylation is 1. The summed E-state index contributed by atoms with van der Waals surface area (Å²) in [6, 6.07) is 12.7. The van der Waals surface area contributed by atoms with Gasteiger partial charge in [0.25, 0.3) is 0 Å². The van der Waals surface area contributed by atoms with Crippen LogP contribution in [0.25, 0.3) is 0 Å². The molecule has 2 nitrogen and oxygen atoms in total. The van der Waals surface area contributed by atoms with Crippen LogP contribution in [0.4, 0.5) is 0 Å². The summed E-state index contributed by atoms with van der Waals surface area (Å²) in [5.74, 6) is -1.61. The van der Waals surface area contributed by atoms with Gasteiger partial charge in [0.2, 0.25) is 0 Å². The van der Waals surface area contributed by atoms with Crippen LogP contribution < -0.4 is 0 Å². The van der Waals surface area contributed by atoms with Gasteiger partial charge in [-0.25, -0.2) is 0 Å². The monoisotopic (exact) mass is 308 g/mol. The smallest absolute Gasteiger partial charge is 0.311 e. The second-order valence-electron chi connectivity index (χ2n) is 4.75. The maximum absolute atomic E-state index is 11.6. The molecular weight excluding hydrogens is 295 g/mol. The molecule has 2 aromatic carbocycles. The van der Waals surface area contributed by atoms with Crippen molar-refractivity contribution in [3.8, 4) is 0 Å². The van der Waals surface area contributed by atoms with Gasteiger partial charge in [0.05, 0.1) is 5.92 Å². The molecule has 0 fully saturated rings. The lowest BCUT2D eigenvalue weighted by Crippen LogP contribution is -2.15. The molecule has 0 saturated heterocycles. The van der Waals surface area contributed by atoms with Crippen LogP contribution in [0.2, 0.25) is 10.0 Å². The number of carboxylic acids is 1. The van der Waals surface area contributed by atoms with E-state index in [1.54, 1.807) is 18.2 Å². The lowest BCUT2D eigenvalue weighted by Gasteiger charge is -2.15. The Morgan fingerprint density at radius 2 is 1.95 bits per heavy atom. The topological polar surface area (TPSA) is 37.3 Å². The van der Waals surface area contributed by atoms with Crippen molar-refractivity contribution in [2.75, 3.05) is 0 Å². The molecule has 104 valence electrons. The summed E-state index contributed by atoms with van der Waals surface area (Å²) in [5, 5.41) is 10.4. The standard InChI is InChI=1S/C16H14Cl2O2/c1-10-3-2-4-11(7-10)8-14(16(19)20)13-9-12(17)5-6-15(13)18/h2-7,9,14H,8H2,1H3,(H,19,20). The van der Waals surface area contributed by atoms with Crippen molar-refractivity contribution in [3.63, 3.8) is 0 Å². The van der Waals surface area contributed by atoms with Crippen molar-refractivity contribution in [3.05, 3.63) is 69.2 Å². The molecule has 20 heavy (non-hydrogen) atoms. The molecule has 2 rings (SSSR count). The Morgan fingerprint density at radius 3 is 2.60 bits per heavy atom. The highest BCUT2D eigenvalue weighted by Gasteiger charge is 2.23. The van der Waals surface area contributed by atoms with Crippen molar-refractivity contribution in [1.29, 1.82) is 0 Å². The minimum atomic E-state index is -0.907. The third-order valence-electron chi connectivity index (χ3n) is 3.15. The first kappa shape index (κ1) is 14.9. The highest BCUT2D eigenvalue weighted by atomic mass is 35.5. The van der Waals surface area contributed by atoms with Crippen molar-refractivity contribution in [1.82, 2.24) is 0 Å². The van der Waals surface area contributed by atoms with Gasteiger partial charge in [-0.2, -0.15) is 0 Å². The van der Waals surface area contributed by atoms with E-state index in [4.69, 9.17) is 23.2 Å². The van der Waals surface area contributed by atoms with E-state index in [0.29, 0.717) is 22.0 Å². The summed E-state index contributed by atoms with van der Waals surface area (Å²) in [6.07, 6.45) is 0.386. The predicted molar refractivity (Wildman–Crippen MR) is 81.7 cm³/mol. The van der Waals surface area contributed by atoms with Crippen LogP contribution in [0.3, 0.4) is 0 Å². The molecule has 4 heteroatoms. The number of halogens is 2. The van der Waals surface area contributed by atoms with Crippen molar-refractivity contribution in [2.24, 2.45) is 0 Å². The van der Waals surface area contributed by atoms with Gasteiger partial charge in [0.15, 0.2) is 0 Å². The minimum Gasteiger partial charge on any atom is -0.481 e. The van der Waals surface area contributed by atoms with Gasteiger partial charge in [-0.05, 0) is 42.7 Å². The van der Waals surface area contributed by atoms with Crippen LogP contribution in [0.5, 0.6) is 0 Å². The van der Waals surface area contributed by atoms with Gasteiger partial charge in [0.1, 0.15) is 0 Å². The normalized spacial score (nSPS) is 12.2. The zero-order valence-electron chi connectivity index (χ0n) is 10.9. The maximum atomic E-state index is 11.6. The van der Waals surface area contributed by atoms with E-state index in [1.807, 2.05) is 31.2 Å². The Kier molecular flexibility index (Phi) is 4.69. The van der Waals surface area contributed by atoms with E-state index in [9.17, 15) is 9.90 Å². The molecule has 0 bridgehead atoms. The summed E-state index contributed by atoms with van der Waals surface area (Å²) in [4.78, 5) is 11.6. The number of benzene rings is 2. The van der Waals surface area contributed by atoms with Gasteiger partial charge >= 0.3 is 5.97 Å². The SMILES string of the molecule is Cc1cccc(CC(C(=O)O)c2cc(Cl)ccc2Cl)c1. The van der Waals surface area contributed by atoms with Gasteiger partial charge in [-0.15, -0.1) is 0 Å². The van der Waals surface area contributed by atoms with Crippen LogP contribution in [0.1, 0.15) is 22.6 Å². The lowest BCUT2D eigenvalue weighted by molar-refractivity contribution is -0.138. The summed E-state index contributed by atoms with van der Waals surface area (Å²) < 4.78 is 0.